The Morgan fingerprint density at radius 2 is 1.90 bits per heavy atom. The lowest BCUT2D eigenvalue weighted by atomic mass is 10.1. The van der Waals surface area contributed by atoms with Gasteiger partial charge in [0.25, 0.3) is 6.43 Å². The molecular weight excluding hydrogens is 298 g/mol. The lowest BCUT2D eigenvalue weighted by molar-refractivity contribution is 0.153. The molecule has 0 amide bonds. The molecule has 0 unspecified atom stereocenters. The van der Waals surface area contributed by atoms with Gasteiger partial charge in [0.05, 0.1) is 11.4 Å². The molecule has 0 fully saturated rings. The molecule has 1 aromatic carbocycles. The molecule has 0 aliphatic rings. The van der Waals surface area contributed by atoms with Gasteiger partial charge in [-0.1, -0.05) is 32.9 Å². The maximum absolute atomic E-state index is 12.2. The van der Waals surface area contributed by atoms with Crippen LogP contribution in [0.25, 0.3) is 0 Å². The lowest BCUT2D eigenvalue weighted by Gasteiger charge is -2.13. The SMILES string of the molecule is CCc1ccc(CNC(C)C)cc1S(=O)(=O)NCC(F)F. The molecule has 1 aromatic rings. The van der Waals surface area contributed by atoms with Gasteiger partial charge in [-0.05, 0) is 23.6 Å². The van der Waals surface area contributed by atoms with Crippen molar-refractivity contribution >= 4 is 10.0 Å². The summed E-state index contributed by atoms with van der Waals surface area (Å²) in [5.74, 6) is 0. The number of alkyl halides is 2. The van der Waals surface area contributed by atoms with Crippen molar-refractivity contribution in [2.75, 3.05) is 6.54 Å². The summed E-state index contributed by atoms with van der Waals surface area (Å²) in [5.41, 5.74) is 1.42. The number of halogens is 2. The Hall–Kier alpha value is -1.05. The summed E-state index contributed by atoms with van der Waals surface area (Å²) in [4.78, 5) is 0.0775. The van der Waals surface area contributed by atoms with Crippen molar-refractivity contribution < 1.29 is 17.2 Å². The molecule has 0 radical (unpaired) electrons. The fourth-order valence-electron chi connectivity index (χ4n) is 1.82. The molecular formula is C14H22F2N2O2S. The first-order valence-corrected chi connectivity index (χ1v) is 8.37. The predicted octanol–water partition coefficient (Wildman–Crippen LogP) is 2.29. The van der Waals surface area contributed by atoms with Gasteiger partial charge in [0.2, 0.25) is 10.0 Å². The Bertz CT molecular complexity index is 560. The summed E-state index contributed by atoms with van der Waals surface area (Å²) in [7, 11) is -3.92. The summed E-state index contributed by atoms with van der Waals surface area (Å²) >= 11 is 0. The summed E-state index contributed by atoms with van der Waals surface area (Å²) < 4.78 is 50.7. The van der Waals surface area contributed by atoms with Crippen molar-refractivity contribution in [1.82, 2.24) is 10.0 Å². The largest absolute Gasteiger partial charge is 0.310 e. The van der Waals surface area contributed by atoms with Crippen LogP contribution < -0.4 is 10.0 Å². The highest BCUT2D eigenvalue weighted by Crippen LogP contribution is 2.19. The van der Waals surface area contributed by atoms with Crippen LogP contribution in [-0.2, 0) is 23.0 Å². The minimum atomic E-state index is -3.92. The van der Waals surface area contributed by atoms with Gasteiger partial charge in [-0.3, -0.25) is 0 Å². The van der Waals surface area contributed by atoms with Crippen LogP contribution in [0, 0.1) is 0 Å². The lowest BCUT2D eigenvalue weighted by Crippen LogP contribution is -2.29. The van der Waals surface area contributed by atoms with Crippen LogP contribution in [0.1, 0.15) is 31.9 Å². The third-order valence-electron chi connectivity index (χ3n) is 2.94. The molecule has 0 saturated heterocycles. The van der Waals surface area contributed by atoms with Crippen LogP contribution in [0.3, 0.4) is 0 Å². The average molecular weight is 320 g/mol. The number of sulfonamides is 1. The molecule has 0 spiro atoms. The quantitative estimate of drug-likeness (QED) is 0.773. The fourth-order valence-corrected chi connectivity index (χ4v) is 3.19. The number of hydrogen-bond acceptors (Lipinski definition) is 3. The minimum Gasteiger partial charge on any atom is -0.310 e. The van der Waals surface area contributed by atoms with Crippen molar-refractivity contribution in [1.29, 1.82) is 0 Å². The predicted molar refractivity (Wildman–Crippen MR) is 79.0 cm³/mol. The highest BCUT2D eigenvalue weighted by Gasteiger charge is 2.19. The Balaban J connectivity index is 3.04. The van der Waals surface area contributed by atoms with E-state index in [2.05, 4.69) is 5.32 Å². The molecule has 1 rings (SSSR count). The van der Waals surface area contributed by atoms with E-state index >= 15 is 0 Å². The zero-order valence-corrected chi connectivity index (χ0v) is 13.3. The average Bonchev–Trinajstić information content (AvgIpc) is 2.42. The van der Waals surface area contributed by atoms with Gasteiger partial charge in [-0.15, -0.1) is 0 Å². The smallest absolute Gasteiger partial charge is 0.251 e. The molecule has 0 saturated carbocycles. The second kappa shape index (κ2) is 7.82. The van der Waals surface area contributed by atoms with Crippen LogP contribution in [0.15, 0.2) is 23.1 Å². The molecule has 0 aliphatic carbocycles. The second-order valence-electron chi connectivity index (χ2n) is 5.07. The maximum Gasteiger partial charge on any atom is 0.251 e. The van der Waals surface area contributed by atoms with Crippen molar-refractivity contribution in [2.45, 2.75) is 51.1 Å². The summed E-state index contributed by atoms with van der Waals surface area (Å²) in [6, 6.07) is 5.39. The highest BCUT2D eigenvalue weighted by atomic mass is 32.2. The van der Waals surface area contributed by atoms with E-state index in [1.54, 1.807) is 12.1 Å². The normalized spacial score (nSPS) is 12.3. The second-order valence-corrected chi connectivity index (χ2v) is 6.81. The van der Waals surface area contributed by atoms with Crippen molar-refractivity contribution in [3.63, 3.8) is 0 Å². The van der Waals surface area contributed by atoms with Gasteiger partial charge in [-0.25, -0.2) is 21.9 Å². The summed E-state index contributed by atoms with van der Waals surface area (Å²) in [6.07, 6.45) is -2.20. The number of rotatable bonds is 8. The van der Waals surface area contributed by atoms with E-state index in [0.717, 1.165) is 5.56 Å². The molecule has 120 valence electrons. The van der Waals surface area contributed by atoms with Crippen LogP contribution >= 0.6 is 0 Å². The fraction of sp³-hybridized carbons (Fsp3) is 0.571. The first-order valence-electron chi connectivity index (χ1n) is 6.89. The third-order valence-corrected chi connectivity index (χ3v) is 4.45. The van der Waals surface area contributed by atoms with Crippen LogP contribution in [0.5, 0.6) is 0 Å². The van der Waals surface area contributed by atoms with Gasteiger partial charge in [0, 0.05) is 12.6 Å². The molecule has 2 N–H and O–H groups in total. The topological polar surface area (TPSA) is 58.2 Å². The van der Waals surface area contributed by atoms with Gasteiger partial charge >= 0.3 is 0 Å². The van der Waals surface area contributed by atoms with Crippen molar-refractivity contribution in [3.8, 4) is 0 Å². The van der Waals surface area contributed by atoms with E-state index in [1.165, 1.54) is 0 Å². The van der Waals surface area contributed by atoms with Crippen molar-refractivity contribution in [2.24, 2.45) is 0 Å². The monoisotopic (exact) mass is 320 g/mol. The Morgan fingerprint density at radius 3 is 2.43 bits per heavy atom. The minimum absolute atomic E-state index is 0.0775. The standard InChI is InChI=1S/C14H22F2N2O2S/c1-4-12-6-5-11(8-17-10(2)3)7-13(12)21(19,20)18-9-14(15)16/h5-7,10,14,17-18H,4,8-9H2,1-3H3. The van der Waals surface area contributed by atoms with Crippen LogP contribution in [0.4, 0.5) is 8.78 Å². The summed E-state index contributed by atoms with van der Waals surface area (Å²) in [6.45, 7) is 5.46. The number of benzene rings is 1. The molecule has 7 heteroatoms. The molecule has 4 nitrogen and oxygen atoms in total. The number of nitrogens with one attached hydrogen (secondary N) is 2. The van der Waals surface area contributed by atoms with Crippen LogP contribution in [0.2, 0.25) is 0 Å². The zero-order valence-electron chi connectivity index (χ0n) is 12.5. The molecule has 0 heterocycles. The Morgan fingerprint density at radius 1 is 1.24 bits per heavy atom. The Kier molecular flexibility index (Phi) is 6.70. The van der Waals surface area contributed by atoms with Gasteiger partial charge < -0.3 is 5.32 Å². The van der Waals surface area contributed by atoms with E-state index in [-0.39, 0.29) is 10.9 Å². The maximum atomic E-state index is 12.2. The number of hydrogen-bond donors (Lipinski definition) is 2. The van der Waals surface area contributed by atoms with Gasteiger partial charge in [0.1, 0.15) is 0 Å². The molecule has 21 heavy (non-hydrogen) atoms. The third kappa shape index (κ3) is 5.68. The first kappa shape index (κ1) is 18.0. The Labute approximate surface area is 125 Å². The van der Waals surface area contributed by atoms with Crippen molar-refractivity contribution in [3.05, 3.63) is 29.3 Å². The van der Waals surface area contributed by atoms with Crippen LogP contribution in [-0.4, -0.2) is 27.4 Å². The molecule has 0 aliphatic heterocycles. The van der Waals surface area contributed by atoms with E-state index in [9.17, 15) is 17.2 Å². The van der Waals surface area contributed by atoms with E-state index in [1.807, 2.05) is 31.6 Å². The van der Waals surface area contributed by atoms with Gasteiger partial charge in [0.15, 0.2) is 0 Å². The van der Waals surface area contributed by atoms with Gasteiger partial charge in [-0.2, -0.15) is 0 Å². The van der Waals surface area contributed by atoms with E-state index < -0.39 is 23.0 Å². The molecule has 0 aromatic heterocycles. The molecule has 0 atom stereocenters. The zero-order chi connectivity index (χ0) is 16.0. The first-order chi connectivity index (χ1) is 9.76. The van der Waals surface area contributed by atoms with E-state index in [4.69, 9.17) is 0 Å². The summed E-state index contributed by atoms with van der Waals surface area (Å²) in [5, 5.41) is 3.19. The highest BCUT2D eigenvalue weighted by molar-refractivity contribution is 7.89. The molecule has 0 bridgehead atoms. The van der Waals surface area contributed by atoms with E-state index in [0.29, 0.717) is 18.5 Å². The number of aryl methyl sites for hydroxylation is 1.